The Labute approximate surface area is 165 Å². The number of nitrogens with one attached hydrogen (secondary N) is 2. The Balaban J connectivity index is 1.49. The van der Waals surface area contributed by atoms with Crippen molar-refractivity contribution in [3.8, 4) is 11.1 Å². The standard InChI is InChI=1S/C21H27N7/c1-26-8-10-27(11-9-26)7-6-21(24)28-14-16(3-5-20(28)23)15-2-4-18-17(12-15)13-19(22)25-18/h2-5,12,14,23-24H,6-11,13H2,1H3,(H2,22,25). The Hall–Kier alpha value is -2.77. The highest BCUT2D eigenvalue weighted by atomic mass is 15.2. The Morgan fingerprint density at radius 2 is 1.86 bits per heavy atom. The molecule has 0 saturated carbocycles. The van der Waals surface area contributed by atoms with E-state index >= 15 is 0 Å². The Morgan fingerprint density at radius 3 is 2.64 bits per heavy atom. The Kier molecular flexibility index (Phi) is 5.11. The first-order valence-electron chi connectivity index (χ1n) is 9.72. The number of rotatable bonds is 4. The van der Waals surface area contributed by atoms with Crippen LogP contribution >= 0.6 is 0 Å². The van der Waals surface area contributed by atoms with Gasteiger partial charge in [0.1, 0.15) is 17.2 Å². The van der Waals surface area contributed by atoms with E-state index in [1.807, 2.05) is 24.4 Å². The summed E-state index contributed by atoms with van der Waals surface area (Å²) in [4.78, 5) is 9.06. The molecule has 0 unspecified atom stereocenters. The van der Waals surface area contributed by atoms with Crippen LogP contribution in [0, 0.1) is 10.8 Å². The van der Waals surface area contributed by atoms with Crippen LogP contribution in [0.4, 0.5) is 5.69 Å². The lowest BCUT2D eigenvalue weighted by atomic mass is 10.0. The van der Waals surface area contributed by atoms with E-state index < -0.39 is 0 Å². The first-order chi connectivity index (χ1) is 13.5. The van der Waals surface area contributed by atoms with Crippen LogP contribution in [0.25, 0.3) is 11.1 Å². The van der Waals surface area contributed by atoms with Crippen molar-refractivity contribution in [2.24, 2.45) is 10.7 Å². The van der Waals surface area contributed by atoms with Crippen LogP contribution < -0.4 is 11.2 Å². The van der Waals surface area contributed by atoms with Gasteiger partial charge in [-0.05, 0) is 48.0 Å². The molecule has 0 bridgehead atoms. The Morgan fingerprint density at radius 1 is 1.11 bits per heavy atom. The molecule has 7 heteroatoms. The average molecular weight is 377 g/mol. The SMILES string of the molecule is CN1CCN(CCC(=N)n2cc(-c3ccc4c(c3)CC(N)=N4)ccc2=N)CC1. The number of amidine groups is 1. The summed E-state index contributed by atoms with van der Waals surface area (Å²) >= 11 is 0. The molecule has 0 amide bonds. The second kappa shape index (κ2) is 7.69. The number of nitrogens with two attached hydrogens (primary N) is 1. The molecule has 28 heavy (non-hydrogen) atoms. The zero-order chi connectivity index (χ0) is 19.7. The maximum atomic E-state index is 8.51. The van der Waals surface area contributed by atoms with Crippen molar-refractivity contribution in [1.29, 1.82) is 10.8 Å². The molecular weight excluding hydrogens is 350 g/mol. The summed E-state index contributed by atoms with van der Waals surface area (Å²) in [5.74, 6) is 1.11. The molecule has 2 aliphatic rings. The van der Waals surface area contributed by atoms with Gasteiger partial charge in [0.05, 0.1) is 5.69 Å². The molecular formula is C21H27N7. The summed E-state index contributed by atoms with van der Waals surface area (Å²) < 4.78 is 1.68. The monoisotopic (exact) mass is 377 g/mol. The van der Waals surface area contributed by atoms with Gasteiger partial charge in [-0.2, -0.15) is 0 Å². The molecule has 0 atom stereocenters. The fourth-order valence-corrected chi connectivity index (χ4v) is 3.76. The van der Waals surface area contributed by atoms with Gasteiger partial charge >= 0.3 is 0 Å². The average Bonchev–Trinajstić information content (AvgIpc) is 3.07. The van der Waals surface area contributed by atoms with Gasteiger partial charge in [-0.25, -0.2) is 4.99 Å². The number of hydrogen-bond donors (Lipinski definition) is 3. The number of benzene rings is 1. The van der Waals surface area contributed by atoms with Crippen molar-refractivity contribution in [3.63, 3.8) is 0 Å². The van der Waals surface area contributed by atoms with Gasteiger partial charge in [0.25, 0.3) is 0 Å². The van der Waals surface area contributed by atoms with Crippen LogP contribution in [0.1, 0.15) is 12.0 Å². The number of fused-ring (bicyclic) bond motifs is 1. The highest BCUT2D eigenvalue weighted by molar-refractivity contribution is 5.91. The van der Waals surface area contributed by atoms with Crippen LogP contribution in [0.15, 0.2) is 41.5 Å². The number of likely N-dealkylation sites (N-methyl/N-ethyl adjacent to an activating group) is 1. The van der Waals surface area contributed by atoms with Crippen molar-refractivity contribution >= 4 is 17.4 Å². The molecule has 2 aromatic rings. The van der Waals surface area contributed by atoms with Crippen LogP contribution in [0.5, 0.6) is 0 Å². The van der Waals surface area contributed by atoms with E-state index in [1.165, 1.54) is 0 Å². The quantitative estimate of drug-likeness (QED) is 0.558. The molecule has 1 saturated heterocycles. The molecule has 7 nitrogen and oxygen atoms in total. The van der Waals surface area contributed by atoms with E-state index in [2.05, 4.69) is 27.9 Å². The minimum Gasteiger partial charge on any atom is -0.387 e. The molecule has 0 radical (unpaired) electrons. The first kappa shape index (κ1) is 18.6. The second-order valence-electron chi connectivity index (χ2n) is 7.64. The zero-order valence-electron chi connectivity index (χ0n) is 16.3. The normalized spacial score (nSPS) is 17.4. The van der Waals surface area contributed by atoms with Gasteiger partial charge < -0.3 is 15.5 Å². The predicted octanol–water partition coefficient (Wildman–Crippen LogP) is 1.64. The summed E-state index contributed by atoms with van der Waals surface area (Å²) in [6, 6.07) is 9.82. The van der Waals surface area contributed by atoms with Crippen LogP contribution in [-0.4, -0.2) is 65.8 Å². The maximum absolute atomic E-state index is 8.51. The van der Waals surface area contributed by atoms with Gasteiger partial charge in [-0.15, -0.1) is 0 Å². The molecule has 4 N–H and O–H groups in total. The number of nitrogens with zero attached hydrogens (tertiary/aromatic N) is 4. The highest BCUT2D eigenvalue weighted by Crippen LogP contribution is 2.30. The van der Waals surface area contributed by atoms with Gasteiger partial charge in [-0.3, -0.25) is 15.4 Å². The number of aliphatic imine (C=N–C) groups is 1. The Bertz CT molecular complexity index is 980. The molecule has 4 rings (SSSR count). The summed E-state index contributed by atoms with van der Waals surface area (Å²) in [6.45, 7) is 5.10. The fraction of sp³-hybridized carbons (Fsp3) is 0.381. The minimum atomic E-state index is 0.334. The maximum Gasteiger partial charge on any atom is 0.130 e. The smallest absolute Gasteiger partial charge is 0.130 e. The van der Waals surface area contributed by atoms with Gasteiger partial charge in [0.2, 0.25) is 0 Å². The van der Waals surface area contributed by atoms with Gasteiger partial charge in [0.15, 0.2) is 0 Å². The largest absolute Gasteiger partial charge is 0.387 e. The molecule has 2 aliphatic heterocycles. The van der Waals surface area contributed by atoms with Crippen molar-refractivity contribution < 1.29 is 0 Å². The topological polar surface area (TPSA) is 97.5 Å². The van der Waals surface area contributed by atoms with Gasteiger partial charge in [0, 0.05) is 51.8 Å². The predicted molar refractivity (Wildman–Crippen MR) is 112 cm³/mol. The third-order valence-electron chi connectivity index (χ3n) is 5.55. The third-order valence-corrected chi connectivity index (χ3v) is 5.55. The molecule has 3 heterocycles. The molecule has 1 fully saturated rings. The summed E-state index contributed by atoms with van der Waals surface area (Å²) in [6.07, 6.45) is 3.22. The van der Waals surface area contributed by atoms with Crippen LogP contribution in [-0.2, 0) is 6.42 Å². The second-order valence-corrected chi connectivity index (χ2v) is 7.64. The number of hydrogen-bond acceptors (Lipinski definition) is 6. The van der Waals surface area contributed by atoms with Crippen molar-refractivity contribution in [1.82, 2.24) is 14.4 Å². The highest BCUT2D eigenvalue weighted by Gasteiger charge is 2.15. The number of aromatic nitrogens is 1. The molecule has 1 aromatic carbocycles. The van der Waals surface area contributed by atoms with E-state index in [0.717, 1.165) is 55.1 Å². The van der Waals surface area contributed by atoms with E-state index in [4.69, 9.17) is 16.6 Å². The third kappa shape index (κ3) is 3.90. The zero-order valence-corrected chi connectivity index (χ0v) is 16.3. The number of piperazine rings is 1. The lowest BCUT2D eigenvalue weighted by molar-refractivity contribution is 0.157. The molecule has 0 spiro atoms. The van der Waals surface area contributed by atoms with Gasteiger partial charge in [-0.1, -0.05) is 6.07 Å². The van der Waals surface area contributed by atoms with Crippen molar-refractivity contribution in [2.75, 3.05) is 39.8 Å². The van der Waals surface area contributed by atoms with Crippen molar-refractivity contribution in [2.45, 2.75) is 12.8 Å². The first-order valence-corrected chi connectivity index (χ1v) is 9.72. The fourth-order valence-electron chi connectivity index (χ4n) is 3.76. The summed E-state index contributed by atoms with van der Waals surface area (Å²) in [7, 11) is 2.15. The van der Waals surface area contributed by atoms with E-state index in [0.29, 0.717) is 30.0 Å². The number of pyridine rings is 1. The molecule has 146 valence electrons. The van der Waals surface area contributed by atoms with Crippen molar-refractivity contribution in [3.05, 3.63) is 47.6 Å². The van der Waals surface area contributed by atoms with Crippen LogP contribution in [0.3, 0.4) is 0 Å². The summed E-state index contributed by atoms with van der Waals surface area (Å²) in [5, 5.41) is 16.7. The lowest BCUT2D eigenvalue weighted by Gasteiger charge is -2.32. The lowest BCUT2D eigenvalue weighted by Crippen LogP contribution is -2.45. The van der Waals surface area contributed by atoms with Crippen LogP contribution in [0.2, 0.25) is 0 Å². The molecule has 1 aromatic heterocycles. The van der Waals surface area contributed by atoms with E-state index in [9.17, 15) is 0 Å². The minimum absolute atomic E-state index is 0.334. The van der Waals surface area contributed by atoms with E-state index in [-0.39, 0.29) is 0 Å². The van der Waals surface area contributed by atoms with E-state index in [1.54, 1.807) is 10.6 Å². The molecule has 0 aliphatic carbocycles. The summed E-state index contributed by atoms with van der Waals surface area (Å²) in [5.41, 5.74) is 10.3.